The number of allylic oxidation sites excluding steroid dienone is 7. The zero-order chi connectivity index (χ0) is 36.6. The van der Waals surface area contributed by atoms with Crippen LogP contribution in [-0.2, 0) is 4.28 Å². The van der Waals surface area contributed by atoms with E-state index in [-0.39, 0.29) is 0 Å². The van der Waals surface area contributed by atoms with Gasteiger partial charge in [-0.15, -0.1) is 0 Å². The number of fused-ring (bicyclic) bond motifs is 1. The Hall–Kier alpha value is 0.111. The van der Waals surface area contributed by atoms with Crippen LogP contribution in [0.4, 0.5) is 0 Å². The second kappa shape index (κ2) is 13.3. The van der Waals surface area contributed by atoms with Gasteiger partial charge in [-0.2, -0.15) is 0 Å². The van der Waals surface area contributed by atoms with Crippen LogP contribution in [0.15, 0.2) is 59.1 Å². The van der Waals surface area contributed by atoms with Gasteiger partial charge in [0.05, 0.1) is 0 Å². The van der Waals surface area contributed by atoms with Crippen molar-refractivity contribution >= 4 is 79.2 Å². The van der Waals surface area contributed by atoms with Crippen LogP contribution in [-0.4, -0.2) is 74.8 Å². The summed E-state index contributed by atoms with van der Waals surface area (Å²) in [5, 5.41) is 1.48. The molecule has 47 heavy (non-hydrogen) atoms. The minimum atomic E-state index is -2.01. The summed E-state index contributed by atoms with van der Waals surface area (Å²) in [5.74, 6) is 0. The Balaban J connectivity index is 2.89. The second-order valence-corrected chi connectivity index (χ2v) is 66.6. The molecule has 262 valence electrons. The third kappa shape index (κ3) is 7.97. The standard InChI is InChI=1S/C39H74GeSi7/c1-41(2,3)37(42(4,5)6)33-29-32(39(45(13,14)15,46(16,17)18)47(19,20)21)30-34(38(43(7,8)9)44(10,11)12)36(33)40-28-27-31-25-23-22-24-26-35(31)40/h22-30,37-38H,1-21H3. The molecule has 0 N–H and O–H groups in total. The van der Waals surface area contributed by atoms with E-state index in [4.69, 9.17) is 0 Å². The van der Waals surface area contributed by atoms with Gasteiger partial charge in [0.2, 0.25) is 0 Å². The normalized spacial score (nSPS) is 17.2. The van der Waals surface area contributed by atoms with Gasteiger partial charge in [-0.1, -0.05) is 0 Å². The molecule has 0 saturated carbocycles. The molecular formula is C39H74GeSi7. The van der Waals surface area contributed by atoms with Crippen LogP contribution in [0.2, 0.25) is 137 Å². The van der Waals surface area contributed by atoms with E-state index >= 15 is 0 Å². The average Bonchev–Trinajstić information content (AvgIpc) is 3.00. The van der Waals surface area contributed by atoms with Gasteiger partial charge in [-0.3, -0.25) is 0 Å². The first kappa shape index (κ1) is 41.5. The average molecular weight is 812 g/mol. The molecule has 0 nitrogen and oxygen atoms in total. The van der Waals surface area contributed by atoms with E-state index < -0.39 is 70.4 Å². The SMILES string of the molecule is C[Si](C)(C)C(c1cc(C([Si](C)(C)C)([Si](C)(C)C)[Si](C)(C)C)cc(C([Si](C)(C)C)[Si](C)(C)C)[c]1[Ge]1=[C]2C=CC=CC=C2C=[CH]1)[Si](C)(C)C. The molecule has 0 saturated heterocycles. The Kier molecular flexibility index (Phi) is 11.7. The van der Waals surface area contributed by atoms with Crippen molar-refractivity contribution < 1.29 is 0 Å². The Morgan fingerprint density at radius 3 is 1.21 bits per heavy atom. The Labute approximate surface area is 304 Å². The van der Waals surface area contributed by atoms with Crippen LogP contribution in [0, 0.1) is 0 Å². The van der Waals surface area contributed by atoms with Crippen molar-refractivity contribution in [3.63, 3.8) is 0 Å². The monoisotopic (exact) mass is 812 g/mol. The number of hydrogen-bond donors (Lipinski definition) is 0. The number of benzene rings is 1. The zero-order valence-electron chi connectivity index (χ0n) is 34.9. The molecule has 1 aromatic rings. The van der Waals surface area contributed by atoms with Gasteiger partial charge in [-0.25, -0.2) is 0 Å². The van der Waals surface area contributed by atoms with Crippen molar-refractivity contribution in [3.8, 4) is 0 Å². The Morgan fingerprint density at radius 2 is 0.872 bits per heavy atom. The number of hydrogen-bond acceptors (Lipinski definition) is 0. The van der Waals surface area contributed by atoms with Gasteiger partial charge in [0.25, 0.3) is 0 Å². The van der Waals surface area contributed by atoms with Crippen LogP contribution in [0.3, 0.4) is 0 Å². The third-order valence-electron chi connectivity index (χ3n) is 11.2. The number of rotatable bonds is 11. The van der Waals surface area contributed by atoms with Crippen LogP contribution in [0.1, 0.15) is 27.0 Å². The quantitative estimate of drug-likeness (QED) is 0.195. The molecule has 3 rings (SSSR count). The molecule has 1 heterocycles. The van der Waals surface area contributed by atoms with E-state index in [1.165, 1.54) is 5.57 Å². The fourth-order valence-corrected chi connectivity index (χ4v) is 74.7. The Morgan fingerprint density at radius 1 is 0.489 bits per heavy atom. The fourth-order valence-electron chi connectivity index (χ4n) is 12.2. The van der Waals surface area contributed by atoms with Crippen LogP contribution in [0.25, 0.3) is 0 Å². The van der Waals surface area contributed by atoms with Crippen molar-refractivity contribution in [2.24, 2.45) is 0 Å². The van der Waals surface area contributed by atoms with Gasteiger partial charge in [0.1, 0.15) is 0 Å². The maximum atomic E-state index is 3.00. The summed E-state index contributed by atoms with van der Waals surface area (Å²) >= 11 is -2.01. The first-order valence-corrected chi connectivity index (χ1v) is 46.6. The summed E-state index contributed by atoms with van der Waals surface area (Å²) in [6.07, 6.45) is 14.3. The van der Waals surface area contributed by atoms with Crippen molar-refractivity contribution in [2.45, 2.75) is 152 Å². The fraction of sp³-hybridized carbons (Fsp3) is 0.615. The van der Waals surface area contributed by atoms with Gasteiger partial charge in [0.15, 0.2) is 0 Å². The molecule has 0 unspecified atom stereocenters. The molecule has 0 amide bonds. The van der Waals surface area contributed by atoms with Gasteiger partial charge >= 0.3 is 307 Å². The maximum absolute atomic E-state index is 3.00. The molecule has 1 aliphatic heterocycles. The summed E-state index contributed by atoms with van der Waals surface area (Å²) in [5.41, 5.74) is 7.05. The summed E-state index contributed by atoms with van der Waals surface area (Å²) in [4.78, 5) is 2.77. The molecular weight excluding hydrogens is 738 g/mol. The van der Waals surface area contributed by atoms with E-state index in [1.807, 2.05) is 21.1 Å². The molecule has 1 aliphatic carbocycles. The second-order valence-electron chi connectivity index (χ2n) is 22.4. The predicted molar refractivity (Wildman–Crippen MR) is 243 cm³/mol. The molecule has 2 aliphatic rings. The zero-order valence-corrected chi connectivity index (χ0v) is 43.9. The van der Waals surface area contributed by atoms with Crippen molar-refractivity contribution in [2.75, 3.05) is 0 Å². The topological polar surface area (TPSA) is 0 Å². The summed E-state index contributed by atoms with van der Waals surface area (Å²) < 4.78 is 3.98. The van der Waals surface area contributed by atoms with Crippen molar-refractivity contribution in [1.29, 1.82) is 0 Å². The molecule has 0 atom stereocenters. The molecule has 0 aromatic heterocycles. The summed E-state index contributed by atoms with van der Waals surface area (Å²) in [6.45, 7) is 57.4. The molecule has 0 spiro atoms. The van der Waals surface area contributed by atoms with Crippen molar-refractivity contribution in [1.82, 2.24) is 0 Å². The van der Waals surface area contributed by atoms with E-state index in [0.717, 1.165) is 10.3 Å². The summed E-state index contributed by atoms with van der Waals surface area (Å²) in [7, 11) is -11.5. The van der Waals surface area contributed by atoms with Crippen molar-refractivity contribution in [3.05, 3.63) is 75.8 Å². The van der Waals surface area contributed by atoms with Gasteiger partial charge in [-0.05, 0) is 0 Å². The van der Waals surface area contributed by atoms with Gasteiger partial charge in [0, 0.05) is 0 Å². The predicted octanol–water partition coefficient (Wildman–Crippen LogP) is 11.9. The van der Waals surface area contributed by atoms with E-state index in [2.05, 4.69) is 191 Å². The van der Waals surface area contributed by atoms with E-state index in [1.54, 1.807) is 4.35 Å². The minimum absolute atomic E-state index is 0.377. The Bertz CT molecular complexity index is 1390. The molecule has 8 heteroatoms. The molecule has 0 radical (unpaired) electrons. The van der Waals surface area contributed by atoms with Crippen LogP contribution >= 0.6 is 0 Å². The van der Waals surface area contributed by atoms with E-state index in [0.29, 0.717) is 4.28 Å². The van der Waals surface area contributed by atoms with Gasteiger partial charge < -0.3 is 0 Å². The van der Waals surface area contributed by atoms with Crippen LogP contribution in [0.5, 0.6) is 0 Å². The first-order chi connectivity index (χ1) is 20.8. The molecule has 0 bridgehead atoms. The van der Waals surface area contributed by atoms with Crippen LogP contribution < -0.4 is 4.40 Å². The van der Waals surface area contributed by atoms with E-state index in [9.17, 15) is 0 Å². The first-order valence-electron chi connectivity index (χ1n) is 18.5. The summed E-state index contributed by atoms with van der Waals surface area (Å²) in [6, 6.07) is 5.99. The molecule has 1 aromatic carbocycles. The molecule has 0 fully saturated rings. The third-order valence-corrected chi connectivity index (χ3v) is 56.4.